The van der Waals surface area contributed by atoms with Crippen LogP contribution in [0.4, 0.5) is 0 Å². The molecule has 0 saturated heterocycles. The van der Waals surface area contributed by atoms with Crippen LogP contribution in [0.15, 0.2) is 188 Å². The Morgan fingerprint density at radius 1 is 0.373 bits per heavy atom. The minimum absolute atomic E-state index is 0.296. The molecule has 59 heavy (non-hydrogen) atoms. The average Bonchev–Trinajstić information content (AvgIpc) is 3.94. The van der Waals surface area contributed by atoms with E-state index in [1.165, 1.54) is 65.5 Å². The molecule has 14 rings (SSSR count). The van der Waals surface area contributed by atoms with Crippen molar-refractivity contribution in [2.45, 2.75) is 0 Å². The summed E-state index contributed by atoms with van der Waals surface area (Å²) in [5.74, 6) is 2.54. The maximum atomic E-state index is 7.10. The molecular formula is C54H31BN2O2. The lowest BCUT2D eigenvalue weighted by Crippen LogP contribution is -2.53. The molecule has 0 amide bonds. The Morgan fingerprint density at radius 2 is 0.949 bits per heavy atom. The molecule has 0 atom stereocenters. The van der Waals surface area contributed by atoms with Gasteiger partial charge in [-0.2, -0.15) is 0 Å². The van der Waals surface area contributed by atoms with Crippen molar-refractivity contribution in [3.8, 4) is 56.3 Å². The third-order valence-electron chi connectivity index (χ3n) is 12.9. The van der Waals surface area contributed by atoms with Crippen molar-refractivity contribution >= 4 is 77.7 Å². The monoisotopic (exact) mass is 750 g/mol. The maximum absolute atomic E-state index is 7.10. The van der Waals surface area contributed by atoms with E-state index in [0.717, 1.165) is 61.7 Å². The number of nitrogens with zero attached hydrogens (tertiary/aromatic N) is 2. The van der Waals surface area contributed by atoms with Crippen molar-refractivity contribution in [2.24, 2.45) is 0 Å². The van der Waals surface area contributed by atoms with Gasteiger partial charge in [0.1, 0.15) is 17.2 Å². The number of hydrogen-bond donors (Lipinski definition) is 0. The van der Waals surface area contributed by atoms with Crippen molar-refractivity contribution in [3.63, 3.8) is 0 Å². The third-order valence-corrected chi connectivity index (χ3v) is 12.9. The van der Waals surface area contributed by atoms with E-state index in [2.05, 4.69) is 191 Å². The van der Waals surface area contributed by atoms with Gasteiger partial charge in [0.15, 0.2) is 0 Å². The zero-order valence-corrected chi connectivity index (χ0v) is 31.7. The lowest BCUT2D eigenvalue weighted by atomic mass is 9.50. The highest BCUT2D eigenvalue weighted by atomic mass is 16.5. The summed E-state index contributed by atoms with van der Waals surface area (Å²) in [6, 6.07) is 68.1. The van der Waals surface area contributed by atoms with E-state index in [9.17, 15) is 0 Å². The smallest absolute Gasteiger partial charge is 0.434 e. The molecule has 0 unspecified atom stereocenters. The van der Waals surface area contributed by atoms with Crippen molar-refractivity contribution in [1.82, 2.24) is 8.97 Å². The minimum Gasteiger partial charge on any atom is -0.551 e. The molecule has 0 N–H and O–H groups in total. The van der Waals surface area contributed by atoms with Crippen LogP contribution >= 0.6 is 0 Å². The summed E-state index contributed by atoms with van der Waals surface area (Å²) in [6.45, 7) is -0.296. The van der Waals surface area contributed by atoms with Gasteiger partial charge in [-0.15, -0.1) is 0 Å². The summed E-state index contributed by atoms with van der Waals surface area (Å²) in [7, 11) is 0. The van der Waals surface area contributed by atoms with Crippen molar-refractivity contribution in [3.05, 3.63) is 188 Å². The largest absolute Gasteiger partial charge is 0.551 e. The molecule has 0 aliphatic carbocycles. The molecule has 0 spiro atoms. The highest BCUT2D eigenvalue weighted by Gasteiger charge is 2.41. The highest BCUT2D eigenvalue weighted by molar-refractivity contribution is 6.84. The summed E-state index contributed by atoms with van der Waals surface area (Å²) in [5, 5.41) is 7.57. The van der Waals surface area contributed by atoms with E-state index in [4.69, 9.17) is 9.39 Å². The van der Waals surface area contributed by atoms with Crippen molar-refractivity contribution in [2.75, 3.05) is 0 Å². The van der Waals surface area contributed by atoms with E-state index >= 15 is 0 Å². The summed E-state index contributed by atoms with van der Waals surface area (Å²) in [4.78, 5) is 0. The third kappa shape index (κ3) is 4.23. The zero-order valence-electron chi connectivity index (χ0n) is 31.7. The Morgan fingerprint density at radius 3 is 1.66 bits per heavy atom. The van der Waals surface area contributed by atoms with Gasteiger partial charge >= 0.3 is 6.92 Å². The number of para-hydroxylation sites is 5. The van der Waals surface area contributed by atoms with Gasteiger partial charge in [-0.05, 0) is 101 Å². The molecule has 0 saturated carbocycles. The van der Waals surface area contributed by atoms with Gasteiger partial charge in [-0.1, -0.05) is 115 Å². The minimum atomic E-state index is -0.296. The van der Waals surface area contributed by atoms with Gasteiger partial charge in [-0.25, -0.2) is 0 Å². The van der Waals surface area contributed by atoms with Gasteiger partial charge in [0.05, 0.1) is 27.6 Å². The fourth-order valence-electron chi connectivity index (χ4n) is 10.3. The molecule has 5 heteroatoms. The Labute approximate surface area is 339 Å². The summed E-state index contributed by atoms with van der Waals surface area (Å²) in [5.41, 5.74) is 16.1. The molecule has 0 bridgehead atoms. The Bertz CT molecular complexity index is 3630. The number of hydrogen-bond acceptors (Lipinski definition) is 2. The molecule has 2 aliphatic heterocycles. The van der Waals surface area contributed by atoms with Gasteiger partial charge in [0, 0.05) is 54.5 Å². The standard InChI is InChI=1S/C54H31BN2O2/c1-6-19-46-37(14-1)38-15-2-7-20-47(38)56(46)36-13-11-12-32(26-36)35-27-42-41-25-24-33(30-51(41)59-55-45-18-5-10-23-50(45)58-52(31-35)53(42)55)34-28-43-39-16-3-8-21-48(39)57-49-22-9-4-17-40(49)44(29-34)54(43)57/h1-31H. The van der Waals surface area contributed by atoms with Crippen molar-refractivity contribution < 1.29 is 9.39 Å². The fraction of sp³-hybridized carbons (Fsp3) is 0. The molecule has 0 fully saturated rings. The summed E-state index contributed by atoms with van der Waals surface area (Å²) < 4.78 is 18.7. The number of aromatic nitrogens is 2. The Balaban J connectivity index is 0.958. The molecule has 5 heterocycles. The van der Waals surface area contributed by atoms with E-state index in [-0.39, 0.29) is 6.92 Å². The molecule has 12 aromatic rings. The van der Waals surface area contributed by atoms with Crippen molar-refractivity contribution in [1.29, 1.82) is 0 Å². The van der Waals surface area contributed by atoms with E-state index in [1.54, 1.807) is 0 Å². The molecule has 9 aromatic carbocycles. The van der Waals surface area contributed by atoms with Crippen LogP contribution < -0.4 is 20.3 Å². The van der Waals surface area contributed by atoms with E-state index < -0.39 is 0 Å². The van der Waals surface area contributed by atoms with Crippen LogP contribution in [0.25, 0.3) is 99.0 Å². The molecule has 4 nitrogen and oxygen atoms in total. The Hall–Kier alpha value is -7.76. The van der Waals surface area contributed by atoms with Crippen LogP contribution in [0.3, 0.4) is 0 Å². The first-order chi connectivity index (χ1) is 29.2. The maximum Gasteiger partial charge on any atom is 0.434 e. The molecular weight excluding hydrogens is 719 g/mol. The average molecular weight is 751 g/mol. The van der Waals surface area contributed by atoms with Crippen LogP contribution in [0.2, 0.25) is 0 Å². The SMILES string of the molecule is c1cc(-c2cc3c4c(c2)-c2ccc(-c5cc6c7ccccc7n7c8ccccc8c(c5)c67)cc2OB4c2ccccc2O3)cc(-n2c3ccccc3c3ccccc32)c1. The van der Waals surface area contributed by atoms with Crippen LogP contribution in [0, 0.1) is 0 Å². The number of rotatable bonds is 3. The van der Waals surface area contributed by atoms with Crippen LogP contribution in [-0.4, -0.2) is 15.9 Å². The number of ether oxygens (including phenoxy) is 1. The van der Waals surface area contributed by atoms with Crippen LogP contribution in [-0.2, 0) is 0 Å². The second kappa shape index (κ2) is 11.4. The summed E-state index contributed by atoms with van der Waals surface area (Å²) in [6.07, 6.45) is 0. The normalized spacial score (nSPS) is 13.0. The number of fused-ring (bicyclic) bond motifs is 13. The fourth-order valence-corrected chi connectivity index (χ4v) is 10.3. The predicted molar refractivity (Wildman–Crippen MR) is 244 cm³/mol. The highest BCUT2D eigenvalue weighted by Crippen LogP contribution is 2.46. The molecule has 2 aliphatic rings. The zero-order chi connectivity index (χ0) is 38.3. The van der Waals surface area contributed by atoms with Gasteiger partial charge in [0.2, 0.25) is 0 Å². The first kappa shape index (κ1) is 31.3. The van der Waals surface area contributed by atoms with Crippen LogP contribution in [0.5, 0.6) is 17.2 Å². The first-order valence-corrected chi connectivity index (χ1v) is 20.3. The van der Waals surface area contributed by atoms with Gasteiger partial charge in [-0.3, -0.25) is 0 Å². The summed E-state index contributed by atoms with van der Waals surface area (Å²) >= 11 is 0. The van der Waals surface area contributed by atoms with E-state index in [0.29, 0.717) is 0 Å². The quantitative estimate of drug-likeness (QED) is 0.168. The lowest BCUT2D eigenvalue weighted by Gasteiger charge is -2.33. The van der Waals surface area contributed by atoms with E-state index in [1.807, 2.05) is 6.07 Å². The molecule has 3 aromatic heterocycles. The Kier molecular flexibility index (Phi) is 6.07. The molecule has 272 valence electrons. The second-order valence-electron chi connectivity index (χ2n) is 16.0. The van der Waals surface area contributed by atoms with Gasteiger partial charge < -0.3 is 18.4 Å². The second-order valence-corrected chi connectivity index (χ2v) is 16.0. The topological polar surface area (TPSA) is 27.8 Å². The number of benzene rings is 9. The first-order valence-electron chi connectivity index (χ1n) is 20.3. The lowest BCUT2D eigenvalue weighted by molar-refractivity contribution is 0.479. The van der Waals surface area contributed by atoms with Gasteiger partial charge in [0.25, 0.3) is 0 Å². The van der Waals surface area contributed by atoms with Crippen LogP contribution in [0.1, 0.15) is 0 Å². The predicted octanol–water partition coefficient (Wildman–Crippen LogP) is 12.5. The molecule has 0 radical (unpaired) electrons.